The number of piperidine rings is 1. The van der Waals surface area contributed by atoms with E-state index in [0.717, 1.165) is 42.0 Å². The summed E-state index contributed by atoms with van der Waals surface area (Å²) in [4.78, 5) is 6.46. The molecule has 0 radical (unpaired) electrons. The van der Waals surface area contributed by atoms with Crippen LogP contribution in [0.25, 0.3) is 22.4 Å². The molecule has 0 saturated carbocycles. The van der Waals surface area contributed by atoms with Gasteiger partial charge in [-0.05, 0) is 68.8 Å². The molecule has 3 aromatic rings. The van der Waals surface area contributed by atoms with Gasteiger partial charge in [-0.1, -0.05) is 12.1 Å². The smallest absolute Gasteiger partial charge is 0.149 e. The van der Waals surface area contributed by atoms with Crippen LogP contribution in [0, 0.1) is 6.92 Å². The van der Waals surface area contributed by atoms with Crippen molar-refractivity contribution in [2.45, 2.75) is 25.8 Å². The summed E-state index contributed by atoms with van der Waals surface area (Å²) >= 11 is 0. The summed E-state index contributed by atoms with van der Waals surface area (Å²) < 4.78 is 0. The van der Waals surface area contributed by atoms with E-state index in [-0.39, 0.29) is 5.75 Å². The Morgan fingerprint density at radius 1 is 1.14 bits per heavy atom. The van der Waals surface area contributed by atoms with Crippen molar-refractivity contribution in [3.05, 3.63) is 54.4 Å². The Kier molecular flexibility index (Phi) is 5.21. The number of nitrogens with zero attached hydrogens (tertiary/aromatic N) is 4. The Morgan fingerprint density at radius 2 is 2.04 bits per heavy atom. The molecule has 0 bridgehead atoms. The van der Waals surface area contributed by atoms with E-state index in [1.54, 1.807) is 18.5 Å². The van der Waals surface area contributed by atoms with Gasteiger partial charge in [0.05, 0.1) is 5.69 Å². The Labute approximate surface area is 165 Å². The topological polar surface area (TPSA) is 74.2 Å². The predicted octanol–water partition coefficient (Wildman–Crippen LogP) is 3.73. The number of likely N-dealkylation sites (tertiary alicyclic amines) is 1. The number of aryl methyl sites for hydroxylation is 1. The summed E-state index contributed by atoms with van der Waals surface area (Å²) in [6.07, 6.45) is 5.85. The number of likely N-dealkylation sites (N-methyl/N-ethyl adjacent to an activating group) is 1. The number of phenolic OH excluding ortho intramolecular Hbond substituents is 1. The van der Waals surface area contributed by atoms with Gasteiger partial charge in [-0.15, -0.1) is 10.2 Å². The molecule has 1 aliphatic heterocycles. The van der Waals surface area contributed by atoms with Crippen LogP contribution in [-0.2, 0) is 0 Å². The van der Waals surface area contributed by atoms with Crippen LogP contribution < -0.4 is 5.32 Å². The molecule has 1 fully saturated rings. The molecule has 1 saturated heterocycles. The molecule has 1 aliphatic rings. The second-order valence-electron chi connectivity index (χ2n) is 7.48. The number of hydrogen-bond donors (Lipinski definition) is 2. The number of pyridine rings is 1. The Bertz CT molecular complexity index is 960. The van der Waals surface area contributed by atoms with Crippen molar-refractivity contribution >= 4 is 5.82 Å². The zero-order valence-electron chi connectivity index (χ0n) is 16.3. The van der Waals surface area contributed by atoms with Crippen LogP contribution >= 0.6 is 0 Å². The second kappa shape index (κ2) is 7.94. The van der Waals surface area contributed by atoms with E-state index in [4.69, 9.17) is 0 Å². The summed E-state index contributed by atoms with van der Waals surface area (Å²) in [6, 6.07) is 11.9. The Balaban J connectivity index is 1.56. The highest BCUT2D eigenvalue weighted by Gasteiger charge is 2.18. The van der Waals surface area contributed by atoms with Gasteiger partial charge in [0.25, 0.3) is 0 Å². The first-order valence-electron chi connectivity index (χ1n) is 9.63. The third-order valence-electron chi connectivity index (χ3n) is 5.21. The van der Waals surface area contributed by atoms with E-state index in [1.807, 2.05) is 37.3 Å². The molecule has 1 aromatic carbocycles. The maximum atomic E-state index is 10.6. The zero-order chi connectivity index (χ0) is 19.5. The minimum absolute atomic E-state index is 0.188. The van der Waals surface area contributed by atoms with Gasteiger partial charge >= 0.3 is 0 Å². The monoisotopic (exact) mass is 375 g/mol. The number of phenols is 1. The summed E-state index contributed by atoms with van der Waals surface area (Å²) in [5, 5.41) is 22.8. The van der Waals surface area contributed by atoms with Gasteiger partial charge in [0.15, 0.2) is 0 Å². The SMILES string of the molecule is Cc1cc(N[C@@H]2CCCN(C)C2)nnc1-c1ccc(-c2cccnc2)cc1O. The first-order valence-corrected chi connectivity index (χ1v) is 9.63. The van der Waals surface area contributed by atoms with Crippen molar-refractivity contribution in [2.75, 3.05) is 25.5 Å². The normalized spacial score (nSPS) is 17.4. The molecule has 0 amide bonds. The van der Waals surface area contributed by atoms with Crippen molar-refractivity contribution in [1.29, 1.82) is 0 Å². The van der Waals surface area contributed by atoms with E-state index >= 15 is 0 Å². The van der Waals surface area contributed by atoms with E-state index in [9.17, 15) is 5.11 Å². The summed E-state index contributed by atoms with van der Waals surface area (Å²) in [7, 11) is 2.14. The molecule has 1 atom stereocenters. The van der Waals surface area contributed by atoms with Crippen LogP contribution in [0.4, 0.5) is 5.82 Å². The van der Waals surface area contributed by atoms with E-state index in [0.29, 0.717) is 17.3 Å². The van der Waals surface area contributed by atoms with Gasteiger partial charge in [-0.25, -0.2) is 0 Å². The van der Waals surface area contributed by atoms with Crippen molar-refractivity contribution in [1.82, 2.24) is 20.1 Å². The third-order valence-corrected chi connectivity index (χ3v) is 5.21. The molecule has 28 heavy (non-hydrogen) atoms. The zero-order valence-corrected chi connectivity index (χ0v) is 16.3. The van der Waals surface area contributed by atoms with Crippen molar-refractivity contribution in [3.8, 4) is 28.1 Å². The number of aromatic hydroxyl groups is 1. The number of anilines is 1. The molecular formula is C22H25N5O. The highest BCUT2D eigenvalue weighted by Crippen LogP contribution is 2.34. The predicted molar refractivity (Wildman–Crippen MR) is 111 cm³/mol. The number of aromatic nitrogens is 3. The van der Waals surface area contributed by atoms with Gasteiger partial charge in [0.1, 0.15) is 11.6 Å². The van der Waals surface area contributed by atoms with Crippen LogP contribution in [0.3, 0.4) is 0 Å². The molecule has 4 rings (SSSR count). The molecule has 2 N–H and O–H groups in total. The lowest BCUT2D eigenvalue weighted by molar-refractivity contribution is 0.260. The van der Waals surface area contributed by atoms with Gasteiger partial charge in [0.2, 0.25) is 0 Å². The summed E-state index contributed by atoms with van der Waals surface area (Å²) in [6.45, 7) is 4.16. The van der Waals surface area contributed by atoms with E-state index < -0.39 is 0 Å². The summed E-state index contributed by atoms with van der Waals surface area (Å²) in [5.41, 5.74) is 4.23. The van der Waals surface area contributed by atoms with Crippen LogP contribution in [0.2, 0.25) is 0 Å². The quantitative estimate of drug-likeness (QED) is 0.724. The molecule has 144 valence electrons. The van der Waals surface area contributed by atoms with Gasteiger partial charge in [-0.2, -0.15) is 0 Å². The minimum atomic E-state index is 0.188. The van der Waals surface area contributed by atoms with Gasteiger partial charge in [-0.3, -0.25) is 4.98 Å². The molecule has 2 aromatic heterocycles. The van der Waals surface area contributed by atoms with Gasteiger partial charge in [0, 0.05) is 36.1 Å². The minimum Gasteiger partial charge on any atom is -0.507 e. The first-order chi connectivity index (χ1) is 13.6. The highest BCUT2D eigenvalue weighted by atomic mass is 16.3. The average molecular weight is 375 g/mol. The summed E-state index contributed by atoms with van der Waals surface area (Å²) in [5.74, 6) is 0.974. The lowest BCUT2D eigenvalue weighted by Crippen LogP contribution is -2.39. The lowest BCUT2D eigenvalue weighted by Gasteiger charge is -2.30. The standard InChI is InChI=1S/C22H25N5O/c1-15-11-21(24-18-6-4-10-27(2)14-18)25-26-22(15)19-8-7-16(12-20(19)28)17-5-3-9-23-13-17/h3,5,7-9,11-13,18,28H,4,6,10,14H2,1-2H3,(H,24,25)/t18-/m1/s1. The fraction of sp³-hybridized carbons (Fsp3) is 0.318. The first kappa shape index (κ1) is 18.4. The molecule has 6 nitrogen and oxygen atoms in total. The van der Waals surface area contributed by atoms with Gasteiger partial charge < -0.3 is 15.3 Å². The average Bonchev–Trinajstić information content (AvgIpc) is 2.69. The molecular weight excluding hydrogens is 350 g/mol. The fourth-order valence-electron chi connectivity index (χ4n) is 3.76. The lowest BCUT2D eigenvalue weighted by atomic mass is 10.0. The molecule has 0 unspecified atom stereocenters. The van der Waals surface area contributed by atoms with Crippen molar-refractivity contribution < 1.29 is 5.11 Å². The Morgan fingerprint density at radius 3 is 2.75 bits per heavy atom. The molecule has 0 spiro atoms. The van der Waals surface area contributed by atoms with Crippen molar-refractivity contribution in [3.63, 3.8) is 0 Å². The maximum absolute atomic E-state index is 10.6. The number of rotatable bonds is 4. The second-order valence-corrected chi connectivity index (χ2v) is 7.48. The number of benzene rings is 1. The molecule has 6 heteroatoms. The fourth-order valence-corrected chi connectivity index (χ4v) is 3.76. The maximum Gasteiger partial charge on any atom is 0.149 e. The van der Waals surface area contributed by atoms with Crippen LogP contribution in [0.1, 0.15) is 18.4 Å². The van der Waals surface area contributed by atoms with Crippen LogP contribution in [0.15, 0.2) is 48.8 Å². The Hall–Kier alpha value is -2.99. The highest BCUT2D eigenvalue weighted by molar-refractivity contribution is 5.75. The van der Waals surface area contributed by atoms with E-state index in [1.165, 1.54) is 6.42 Å². The van der Waals surface area contributed by atoms with Crippen LogP contribution in [0.5, 0.6) is 5.75 Å². The third kappa shape index (κ3) is 3.97. The van der Waals surface area contributed by atoms with Crippen LogP contribution in [-0.4, -0.2) is 51.4 Å². The van der Waals surface area contributed by atoms with E-state index in [2.05, 4.69) is 32.4 Å². The number of hydrogen-bond acceptors (Lipinski definition) is 6. The van der Waals surface area contributed by atoms with Crippen molar-refractivity contribution in [2.24, 2.45) is 0 Å². The molecule has 3 heterocycles. The largest absolute Gasteiger partial charge is 0.507 e. The molecule has 0 aliphatic carbocycles. The number of nitrogens with one attached hydrogen (secondary N) is 1.